The van der Waals surface area contributed by atoms with Gasteiger partial charge in [0.25, 0.3) is 0 Å². The summed E-state index contributed by atoms with van der Waals surface area (Å²) in [4.78, 5) is 23.6. The van der Waals surface area contributed by atoms with Crippen LogP contribution in [0.25, 0.3) is 0 Å². The Morgan fingerprint density at radius 1 is 1.20 bits per heavy atom. The van der Waals surface area contributed by atoms with Crippen LogP contribution in [0.2, 0.25) is 0 Å². The van der Waals surface area contributed by atoms with Gasteiger partial charge in [-0.1, -0.05) is 37.3 Å². The van der Waals surface area contributed by atoms with Crippen molar-refractivity contribution in [3.63, 3.8) is 0 Å². The molecule has 2 unspecified atom stereocenters. The van der Waals surface area contributed by atoms with Crippen molar-refractivity contribution in [1.29, 1.82) is 0 Å². The highest BCUT2D eigenvalue weighted by atomic mass is 16.6. The molecule has 0 saturated heterocycles. The van der Waals surface area contributed by atoms with E-state index in [9.17, 15) is 9.59 Å². The van der Waals surface area contributed by atoms with Gasteiger partial charge in [-0.25, -0.2) is 4.79 Å². The summed E-state index contributed by atoms with van der Waals surface area (Å²) < 4.78 is 10.5. The van der Waals surface area contributed by atoms with Gasteiger partial charge >= 0.3 is 5.97 Å². The molecule has 0 aromatic heterocycles. The quantitative estimate of drug-likeness (QED) is 0.686. The molecule has 4 heteroatoms. The van der Waals surface area contributed by atoms with E-state index in [0.29, 0.717) is 6.42 Å². The first-order valence-electron chi connectivity index (χ1n) is 6.88. The number of carbonyl (C=O) groups is 2. The molecule has 2 atom stereocenters. The van der Waals surface area contributed by atoms with E-state index >= 15 is 0 Å². The van der Waals surface area contributed by atoms with Gasteiger partial charge in [-0.3, -0.25) is 4.79 Å². The monoisotopic (exact) mass is 278 g/mol. The van der Waals surface area contributed by atoms with Gasteiger partial charge < -0.3 is 9.47 Å². The van der Waals surface area contributed by atoms with Gasteiger partial charge in [0.1, 0.15) is 11.9 Å². The van der Waals surface area contributed by atoms with Crippen LogP contribution in [0.5, 0.6) is 0 Å². The number of hydrogen-bond donors (Lipinski definition) is 0. The third-order valence-electron chi connectivity index (χ3n) is 2.91. The first kappa shape index (κ1) is 16.4. The molecule has 1 aromatic carbocycles. The highest BCUT2D eigenvalue weighted by Crippen LogP contribution is 2.19. The molecular formula is C16H22O4. The van der Waals surface area contributed by atoms with Crippen molar-refractivity contribution in [3.05, 3.63) is 35.9 Å². The number of esters is 1. The predicted molar refractivity (Wildman–Crippen MR) is 76.3 cm³/mol. The molecule has 110 valence electrons. The molecule has 0 N–H and O–H groups in total. The summed E-state index contributed by atoms with van der Waals surface area (Å²) in [6, 6.07) is 9.16. The second kappa shape index (κ2) is 8.48. The van der Waals surface area contributed by atoms with Crippen LogP contribution in [0.3, 0.4) is 0 Å². The Hall–Kier alpha value is -1.68. The minimum atomic E-state index is -0.750. The van der Waals surface area contributed by atoms with E-state index in [1.54, 1.807) is 6.92 Å². The summed E-state index contributed by atoms with van der Waals surface area (Å²) in [7, 11) is 1.46. The molecule has 0 heterocycles. The summed E-state index contributed by atoms with van der Waals surface area (Å²) in [6.45, 7) is 3.67. The number of methoxy groups -OCH3 is 1. The lowest BCUT2D eigenvalue weighted by Gasteiger charge is -2.18. The molecule has 0 aliphatic rings. The van der Waals surface area contributed by atoms with Crippen LogP contribution in [-0.4, -0.2) is 25.0 Å². The number of ketones is 1. The molecule has 0 aliphatic carbocycles. The third kappa shape index (κ3) is 5.13. The maximum Gasteiger partial charge on any atom is 0.340 e. The van der Waals surface area contributed by atoms with Gasteiger partial charge in [-0.05, 0) is 18.9 Å². The zero-order chi connectivity index (χ0) is 15.0. The maximum absolute atomic E-state index is 12.1. The highest BCUT2D eigenvalue weighted by molar-refractivity contribution is 5.80. The van der Waals surface area contributed by atoms with E-state index in [1.807, 2.05) is 37.3 Å². The van der Waals surface area contributed by atoms with Crippen LogP contribution in [0, 0.1) is 0 Å². The molecule has 0 amide bonds. The number of benzene rings is 1. The highest BCUT2D eigenvalue weighted by Gasteiger charge is 2.24. The van der Waals surface area contributed by atoms with Crippen LogP contribution in [0.1, 0.15) is 44.8 Å². The average molecular weight is 278 g/mol. The largest absolute Gasteiger partial charge is 0.460 e. The zero-order valence-corrected chi connectivity index (χ0v) is 12.3. The fourth-order valence-corrected chi connectivity index (χ4v) is 2.00. The molecule has 0 saturated carbocycles. The SMILES string of the molecule is CCCC(=O)CC(C)OC(=O)C(OC)c1ccccc1. The molecule has 0 fully saturated rings. The smallest absolute Gasteiger partial charge is 0.340 e. The second-order valence-corrected chi connectivity index (χ2v) is 4.77. The van der Waals surface area contributed by atoms with Crippen molar-refractivity contribution in [3.8, 4) is 0 Å². The molecule has 4 nitrogen and oxygen atoms in total. The number of hydrogen-bond acceptors (Lipinski definition) is 4. The van der Waals surface area contributed by atoms with Crippen LogP contribution in [-0.2, 0) is 19.1 Å². The summed E-state index contributed by atoms with van der Waals surface area (Å²) in [5.74, 6) is -0.350. The Bertz CT molecular complexity index is 427. The van der Waals surface area contributed by atoms with E-state index in [2.05, 4.69) is 0 Å². The minimum Gasteiger partial charge on any atom is -0.460 e. The van der Waals surface area contributed by atoms with Crippen LogP contribution < -0.4 is 0 Å². The second-order valence-electron chi connectivity index (χ2n) is 4.77. The minimum absolute atomic E-state index is 0.112. The Kier molecular flexibility index (Phi) is 6.94. The van der Waals surface area contributed by atoms with E-state index < -0.39 is 18.2 Å². The fraction of sp³-hybridized carbons (Fsp3) is 0.500. The first-order valence-corrected chi connectivity index (χ1v) is 6.88. The topological polar surface area (TPSA) is 52.6 Å². The molecule has 1 rings (SSSR count). The average Bonchev–Trinajstić information content (AvgIpc) is 2.40. The summed E-state index contributed by atoms with van der Waals surface area (Å²) in [6.07, 6.45) is 0.409. The Labute approximate surface area is 120 Å². The van der Waals surface area contributed by atoms with Crippen LogP contribution in [0.4, 0.5) is 0 Å². The van der Waals surface area contributed by atoms with Crippen LogP contribution >= 0.6 is 0 Å². The number of carbonyl (C=O) groups excluding carboxylic acids is 2. The van der Waals surface area contributed by atoms with Gasteiger partial charge in [0.15, 0.2) is 6.10 Å². The molecule has 0 bridgehead atoms. The predicted octanol–water partition coefficient (Wildman–Crippen LogP) is 3.07. The lowest BCUT2D eigenvalue weighted by molar-refractivity contribution is -0.161. The normalized spacial score (nSPS) is 13.6. The van der Waals surface area contributed by atoms with Crippen molar-refractivity contribution >= 4 is 11.8 Å². The van der Waals surface area contributed by atoms with Gasteiger partial charge in [-0.2, -0.15) is 0 Å². The van der Waals surface area contributed by atoms with Gasteiger partial charge in [0.05, 0.1) is 0 Å². The molecule has 20 heavy (non-hydrogen) atoms. The third-order valence-corrected chi connectivity index (χ3v) is 2.91. The summed E-state index contributed by atoms with van der Waals surface area (Å²) in [5.41, 5.74) is 0.743. The van der Waals surface area contributed by atoms with E-state index in [4.69, 9.17) is 9.47 Å². The Morgan fingerprint density at radius 2 is 1.85 bits per heavy atom. The molecule has 0 aliphatic heterocycles. The zero-order valence-electron chi connectivity index (χ0n) is 12.3. The van der Waals surface area contributed by atoms with Crippen molar-refractivity contribution in [2.45, 2.75) is 45.3 Å². The fourth-order valence-electron chi connectivity index (χ4n) is 2.00. The van der Waals surface area contributed by atoms with Crippen molar-refractivity contribution < 1.29 is 19.1 Å². The van der Waals surface area contributed by atoms with Crippen LogP contribution in [0.15, 0.2) is 30.3 Å². The number of ether oxygens (including phenoxy) is 2. The maximum atomic E-state index is 12.1. The molecular weight excluding hydrogens is 256 g/mol. The lowest BCUT2D eigenvalue weighted by Crippen LogP contribution is -2.24. The van der Waals surface area contributed by atoms with E-state index in [1.165, 1.54) is 7.11 Å². The van der Waals surface area contributed by atoms with Crippen molar-refractivity contribution in [1.82, 2.24) is 0 Å². The number of rotatable bonds is 8. The molecule has 0 spiro atoms. The van der Waals surface area contributed by atoms with Crippen molar-refractivity contribution in [2.24, 2.45) is 0 Å². The van der Waals surface area contributed by atoms with E-state index in [0.717, 1.165) is 12.0 Å². The molecule has 1 aromatic rings. The molecule has 0 radical (unpaired) electrons. The summed E-state index contributed by atoms with van der Waals surface area (Å²) in [5, 5.41) is 0. The number of Topliss-reactive ketones (excluding diaryl/α,β-unsaturated/α-hetero) is 1. The van der Waals surface area contributed by atoms with Gasteiger partial charge in [0, 0.05) is 20.0 Å². The van der Waals surface area contributed by atoms with E-state index in [-0.39, 0.29) is 12.2 Å². The van der Waals surface area contributed by atoms with Crippen molar-refractivity contribution in [2.75, 3.05) is 7.11 Å². The Balaban J connectivity index is 2.58. The van der Waals surface area contributed by atoms with Gasteiger partial charge in [-0.15, -0.1) is 0 Å². The van der Waals surface area contributed by atoms with Gasteiger partial charge in [0.2, 0.25) is 0 Å². The summed E-state index contributed by atoms with van der Waals surface area (Å²) >= 11 is 0. The standard InChI is InChI=1S/C16H22O4/c1-4-8-14(17)11-12(2)20-16(18)15(19-3)13-9-6-5-7-10-13/h5-7,9-10,12,15H,4,8,11H2,1-3H3. The first-order chi connectivity index (χ1) is 9.58. The Morgan fingerprint density at radius 3 is 2.40 bits per heavy atom. The lowest BCUT2D eigenvalue weighted by atomic mass is 10.1.